The summed E-state index contributed by atoms with van der Waals surface area (Å²) in [5.41, 5.74) is 0.566. The fourth-order valence-electron chi connectivity index (χ4n) is 1.50. The van der Waals surface area contributed by atoms with Gasteiger partial charge in [0.15, 0.2) is 0 Å². The predicted octanol–water partition coefficient (Wildman–Crippen LogP) is 3.10. The Morgan fingerprint density at radius 2 is 2.11 bits per heavy atom. The van der Waals surface area contributed by atoms with Crippen LogP contribution in [0.15, 0.2) is 12.3 Å². The Balaban J connectivity index is 2.69. The molecule has 0 aliphatic rings. The number of pyridine rings is 1. The third-order valence-electron chi connectivity index (χ3n) is 2.61. The molecule has 100 valence electrons. The van der Waals surface area contributed by atoms with Crippen molar-refractivity contribution in [2.75, 3.05) is 6.54 Å². The molecule has 18 heavy (non-hydrogen) atoms. The number of amides is 1. The number of rotatable bonds is 5. The molecule has 1 amide bonds. The van der Waals surface area contributed by atoms with Crippen molar-refractivity contribution in [3.05, 3.63) is 29.1 Å². The molecule has 0 saturated carbocycles. The highest BCUT2D eigenvalue weighted by Gasteiger charge is 2.14. The van der Waals surface area contributed by atoms with Gasteiger partial charge in [0.05, 0.1) is 5.56 Å². The van der Waals surface area contributed by atoms with Crippen LogP contribution in [0.25, 0.3) is 0 Å². The minimum Gasteiger partial charge on any atom is -0.352 e. The van der Waals surface area contributed by atoms with Crippen LogP contribution < -0.4 is 5.32 Å². The van der Waals surface area contributed by atoms with E-state index in [1.54, 1.807) is 6.92 Å². The van der Waals surface area contributed by atoms with Crippen LogP contribution in [0, 0.1) is 12.8 Å². The van der Waals surface area contributed by atoms with E-state index in [0.29, 0.717) is 23.6 Å². The quantitative estimate of drug-likeness (QED) is 0.879. The molecule has 0 unspecified atom stereocenters. The van der Waals surface area contributed by atoms with Gasteiger partial charge in [0.1, 0.15) is 5.69 Å². The van der Waals surface area contributed by atoms with Crippen LogP contribution in [0.3, 0.4) is 0 Å². The molecule has 0 atom stereocenters. The van der Waals surface area contributed by atoms with Crippen LogP contribution in [-0.4, -0.2) is 17.4 Å². The van der Waals surface area contributed by atoms with Gasteiger partial charge in [0, 0.05) is 12.7 Å². The summed E-state index contributed by atoms with van der Waals surface area (Å²) in [6.45, 7) is 6.34. The molecule has 5 heteroatoms. The zero-order chi connectivity index (χ0) is 13.7. The molecule has 1 aromatic rings. The zero-order valence-electron chi connectivity index (χ0n) is 10.8. The van der Waals surface area contributed by atoms with E-state index in [0.717, 1.165) is 6.42 Å². The van der Waals surface area contributed by atoms with Gasteiger partial charge >= 0.3 is 0 Å². The Morgan fingerprint density at radius 3 is 2.61 bits per heavy atom. The fourth-order valence-corrected chi connectivity index (χ4v) is 1.50. The summed E-state index contributed by atoms with van der Waals surface area (Å²) < 4.78 is 24.8. The predicted molar refractivity (Wildman–Crippen MR) is 65.7 cm³/mol. The molecule has 0 fully saturated rings. The molecule has 0 radical (unpaired) electrons. The number of hydrogen-bond acceptors (Lipinski definition) is 2. The maximum Gasteiger partial charge on any atom is 0.280 e. The van der Waals surface area contributed by atoms with E-state index in [-0.39, 0.29) is 11.6 Å². The highest BCUT2D eigenvalue weighted by molar-refractivity contribution is 5.95. The molecule has 1 heterocycles. The van der Waals surface area contributed by atoms with Crippen molar-refractivity contribution >= 4 is 5.91 Å². The van der Waals surface area contributed by atoms with Gasteiger partial charge in [-0.1, -0.05) is 13.8 Å². The van der Waals surface area contributed by atoms with Crippen LogP contribution >= 0.6 is 0 Å². The molecule has 1 rings (SSSR count). The van der Waals surface area contributed by atoms with Crippen LogP contribution in [-0.2, 0) is 0 Å². The lowest BCUT2D eigenvalue weighted by molar-refractivity contribution is 0.0950. The van der Waals surface area contributed by atoms with E-state index >= 15 is 0 Å². The normalized spacial score (nSPS) is 11.1. The third kappa shape index (κ3) is 4.05. The van der Waals surface area contributed by atoms with Gasteiger partial charge < -0.3 is 5.32 Å². The number of halogens is 2. The molecule has 1 aromatic heterocycles. The standard InChI is InChI=1S/C13H18F2N2O/c1-8(2)4-5-16-13(18)10-7-17-11(12(14)15)6-9(10)3/h6-8,12H,4-5H2,1-3H3,(H,16,18). The second kappa shape index (κ2) is 6.42. The molecule has 0 spiro atoms. The van der Waals surface area contributed by atoms with Crippen LogP contribution in [0.2, 0.25) is 0 Å². The van der Waals surface area contributed by atoms with Crippen LogP contribution in [0.4, 0.5) is 8.78 Å². The number of nitrogens with zero attached hydrogens (tertiary/aromatic N) is 1. The Kier molecular flexibility index (Phi) is 5.19. The molecule has 0 bridgehead atoms. The molecule has 0 aliphatic heterocycles. The second-order valence-electron chi connectivity index (χ2n) is 4.66. The van der Waals surface area contributed by atoms with E-state index in [1.807, 2.05) is 0 Å². The molecular formula is C13H18F2N2O. The lowest BCUT2D eigenvalue weighted by Crippen LogP contribution is -2.26. The van der Waals surface area contributed by atoms with Crippen molar-refractivity contribution in [1.82, 2.24) is 10.3 Å². The Hall–Kier alpha value is -1.52. The van der Waals surface area contributed by atoms with E-state index in [1.165, 1.54) is 12.3 Å². The number of carbonyl (C=O) groups is 1. The summed E-state index contributed by atoms with van der Waals surface area (Å²) in [4.78, 5) is 15.4. The van der Waals surface area contributed by atoms with Gasteiger partial charge in [0.25, 0.3) is 12.3 Å². The minimum atomic E-state index is -2.61. The van der Waals surface area contributed by atoms with Crippen LogP contribution in [0.1, 0.15) is 48.3 Å². The number of aromatic nitrogens is 1. The van der Waals surface area contributed by atoms with E-state index < -0.39 is 6.43 Å². The molecule has 1 N–H and O–H groups in total. The molecular weight excluding hydrogens is 238 g/mol. The number of carbonyl (C=O) groups excluding carboxylic acids is 1. The lowest BCUT2D eigenvalue weighted by atomic mass is 10.1. The van der Waals surface area contributed by atoms with E-state index in [2.05, 4.69) is 24.1 Å². The summed E-state index contributed by atoms with van der Waals surface area (Å²) in [7, 11) is 0. The average molecular weight is 256 g/mol. The van der Waals surface area contributed by atoms with Gasteiger partial charge in [-0.25, -0.2) is 8.78 Å². The second-order valence-corrected chi connectivity index (χ2v) is 4.66. The zero-order valence-corrected chi connectivity index (χ0v) is 10.8. The van der Waals surface area contributed by atoms with Gasteiger partial charge in [-0.05, 0) is 30.9 Å². The summed E-state index contributed by atoms with van der Waals surface area (Å²) in [5, 5.41) is 2.75. The largest absolute Gasteiger partial charge is 0.352 e. The lowest BCUT2D eigenvalue weighted by Gasteiger charge is -2.09. The summed E-state index contributed by atoms with van der Waals surface area (Å²) >= 11 is 0. The number of hydrogen-bond donors (Lipinski definition) is 1. The SMILES string of the molecule is Cc1cc(C(F)F)ncc1C(=O)NCCC(C)C. The Bertz CT molecular complexity index is 419. The average Bonchev–Trinajstić information content (AvgIpc) is 2.27. The topological polar surface area (TPSA) is 42.0 Å². The monoisotopic (exact) mass is 256 g/mol. The maximum atomic E-state index is 12.4. The first-order valence-electron chi connectivity index (χ1n) is 5.94. The molecule has 3 nitrogen and oxygen atoms in total. The van der Waals surface area contributed by atoms with Crippen molar-refractivity contribution in [3.63, 3.8) is 0 Å². The van der Waals surface area contributed by atoms with Crippen molar-refractivity contribution in [2.45, 2.75) is 33.6 Å². The Labute approximate surface area is 106 Å². The first kappa shape index (κ1) is 14.5. The number of nitrogens with one attached hydrogen (secondary N) is 1. The highest BCUT2D eigenvalue weighted by atomic mass is 19.3. The molecule has 0 aliphatic carbocycles. The first-order chi connectivity index (χ1) is 8.41. The third-order valence-corrected chi connectivity index (χ3v) is 2.61. The molecule has 0 aromatic carbocycles. The Morgan fingerprint density at radius 1 is 1.44 bits per heavy atom. The first-order valence-corrected chi connectivity index (χ1v) is 5.94. The van der Waals surface area contributed by atoms with Gasteiger partial charge in [-0.2, -0.15) is 0 Å². The van der Waals surface area contributed by atoms with E-state index in [9.17, 15) is 13.6 Å². The number of aryl methyl sites for hydroxylation is 1. The van der Waals surface area contributed by atoms with Gasteiger partial charge in [-0.15, -0.1) is 0 Å². The summed E-state index contributed by atoms with van der Waals surface area (Å²) in [5.74, 6) is 0.243. The molecule has 0 saturated heterocycles. The summed E-state index contributed by atoms with van der Waals surface area (Å²) in [6, 6.07) is 1.25. The smallest absolute Gasteiger partial charge is 0.280 e. The summed E-state index contributed by atoms with van der Waals surface area (Å²) in [6.07, 6.45) is -0.517. The van der Waals surface area contributed by atoms with E-state index in [4.69, 9.17) is 0 Å². The van der Waals surface area contributed by atoms with Crippen molar-refractivity contribution in [3.8, 4) is 0 Å². The van der Waals surface area contributed by atoms with Crippen molar-refractivity contribution < 1.29 is 13.6 Å². The highest BCUT2D eigenvalue weighted by Crippen LogP contribution is 2.18. The minimum absolute atomic E-state index is 0.263. The van der Waals surface area contributed by atoms with Crippen LogP contribution in [0.5, 0.6) is 0 Å². The van der Waals surface area contributed by atoms with Crippen molar-refractivity contribution in [2.24, 2.45) is 5.92 Å². The maximum absolute atomic E-state index is 12.4. The van der Waals surface area contributed by atoms with Gasteiger partial charge in [0.2, 0.25) is 0 Å². The number of alkyl halides is 2. The van der Waals surface area contributed by atoms with Crippen molar-refractivity contribution in [1.29, 1.82) is 0 Å². The fraction of sp³-hybridized carbons (Fsp3) is 0.538. The van der Waals surface area contributed by atoms with Gasteiger partial charge in [-0.3, -0.25) is 9.78 Å².